The van der Waals surface area contributed by atoms with Crippen LogP contribution in [0.15, 0.2) is 0 Å². The zero-order valence-corrected chi connectivity index (χ0v) is 11.7. The molecule has 1 atom stereocenters. The molecule has 112 valence electrons. The van der Waals surface area contributed by atoms with Gasteiger partial charge >= 0.3 is 5.97 Å². The summed E-state index contributed by atoms with van der Waals surface area (Å²) in [5, 5.41) is 8.94. The van der Waals surface area contributed by atoms with E-state index in [4.69, 9.17) is 5.11 Å². The fourth-order valence-corrected chi connectivity index (χ4v) is 2.83. The lowest BCUT2D eigenvalue weighted by molar-refractivity contribution is -0.143. The second kappa shape index (κ2) is 6.72. The Labute approximate surface area is 118 Å². The zero-order chi connectivity index (χ0) is 14.5. The molecule has 0 spiro atoms. The van der Waals surface area contributed by atoms with Crippen molar-refractivity contribution in [3.63, 3.8) is 0 Å². The lowest BCUT2D eigenvalue weighted by atomic mass is 10.1. The number of hydrogen-bond donors (Lipinski definition) is 1. The van der Waals surface area contributed by atoms with Gasteiger partial charge in [0.05, 0.1) is 12.5 Å². The van der Waals surface area contributed by atoms with E-state index >= 15 is 0 Å². The zero-order valence-electron chi connectivity index (χ0n) is 11.7. The first-order valence-corrected chi connectivity index (χ1v) is 7.36. The van der Waals surface area contributed by atoms with Gasteiger partial charge in [0.1, 0.15) is 0 Å². The van der Waals surface area contributed by atoms with E-state index in [1.807, 2.05) is 0 Å². The van der Waals surface area contributed by atoms with Crippen LogP contribution in [0, 0.1) is 5.92 Å². The minimum Gasteiger partial charge on any atom is -0.481 e. The van der Waals surface area contributed by atoms with Gasteiger partial charge in [-0.1, -0.05) is 12.8 Å². The molecule has 6 nitrogen and oxygen atoms in total. The van der Waals surface area contributed by atoms with Gasteiger partial charge in [0, 0.05) is 26.1 Å². The van der Waals surface area contributed by atoms with Gasteiger partial charge in [-0.3, -0.25) is 14.4 Å². The molecule has 20 heavy (non-hydrogen) atoms. The van der Waals surface area contributed by atoms with Crippen LogP contribution in [0.5, 0.6) is 0 Å². The Morgan fingerprint density at radius 1 is 1.15 bits per heavy atom. The fourth-order valence-electron chi connectivity index (χ4n) is 2.83. The summed E-state index contributed by atoms with van der Waals surface area (Å²) >= 11 is 0. The summed E-state index contributed by atoms with van der Waals surface area (Å²) in [5.74, 6) is -1.38. The molecule has 2 aliphatic heterocycles. The van der Waals surface area contributed by atoms with Gasteiger partial charge in [-0.2, -0.15) is 0 Å². The van der Waals surface area contributed by atoms with E-state index in [2.05, 4.69) is 0 Å². The van der Waals surface area contributed by atoms with Crippen molar-refractivity contribution in [1.29, 1.82) is 0 Å². The highest BCUT2D eigenvalue weighted by molar-refractivity contribution is 5.85. The topological polar surface area (TPSA) is 77.9 Å². The number of carboxylic acid groups (broad SMARTS) is 1. The minimum atomic E-state index is -0.845. The molecule has 2 heterocycles. The molecule has 2 aliphatic rings. The summed E-state index contributed by atoms with van der Waals surface area (Å²) in [6, 6.07) is 0. The first-order chi connectivity index (χ1) is 9.58. The molecular formula is C14H22N2O4. The molecular weight excluding hydrogens is 260 g/mol. The third-order valence-electron chi connectivity index (χ3n) is 4.14. The van der Waals surface area contributed by atoms with E-state index in [9.17, 15) is 14.4 Å². The van der Waals surface area contributed by atoms with Gasteiger partial charge in [0.15, 0.2) is 0 Å². The maximum Gasteiger partial charge on any atom is 0.308 e. The van der Waals surface area contributed by atoms with Crippen LogP contribution in [0.1, 0.15) is 38.5 Å². The summed E-state index contributed by atoms with van der Waals surface area (Å²) in [4.78, 5) is 38.2. The first kappa shape index (κ1) is 14.8. The van der Waals surface area contributed by atoms with Crippen molar-refractivity contribution in [1.82, 2.24) is 9.80 Å². The molecule has 0 aliphatic carbocycles. The van der Waals surface area contributed by atoms with Gasteiger partial charge in [0.25, 0.3) is 0 Å². The van der Waals surface area contributed by atoms with Gasteiger partial charge < -0.3 is 14.9 Å². The number of carboxylic acids is 1. The van der Waals surface area contributed by atoms with Crippen molar-refractivity contribution >= 4 is 17.8 Å². The van der Waals surface area contributed by atoms with Crippen LogP contribution < -0.4 is 0 Å². The quantitative estimate of drug-likeness (QED) is 0.827. The molecule has 0 bridgehead atoms. The molecule has 0 aromatic rings. The predicted molar refractivity (Wildman–Crippen MR) is 72.0 cm³/mol. The van der Waals surface area contributed by atoms with Gasteiger partial charge in [-0.25, -0.2) is 0 Å². The van der Waals surface area contributed by atoms with Gasteiger partial charge in [-0.05, 0) is 19.3 Å². The summed E-state index contributed by atoms with van der Waals surface area (Å²) in [6.07, 6.45) is 5.05. The van der Waals surface area contributed by atoms with E-state index in [1.54, 1.807) is 9.80 Å². The summed E-state index contributed by atoms with van der Waals surface area (Å²) < 4.78 is 0. The number of rotatable bonds is 3. The Bertz CT molecular complexity index is 397. The van der Waals surface area contributed by atoms with Gasteiger partial charge in [0.2, 0.25) is 11.8 Å². The van der Waals surface area contributed by atoms with Crippen LogP contribution in [-0.2, 0) is 14.4 Å². The van der Waals surface area contributed by atoms with Crippen molar-refractivity contribution < 1.29 is 19.5 Å². The van der Waals surface area contributed by atoms with Crippen molar-refractivity contribution in [2.45, 2.75) is 38.5 Å². The molecule has 2 amide bonds. The molecule has 1 N–H and O–H groups in total. The van der Waals surface area contributed by atoms with E-state index in [0.717, 1.165) is 25.7 Å². The molecule has 1 unspecified atom stereocenters. The van der Waals surface area contributed by atoms with Crippen LogP contribution in [0.4, 0.5) is 0 Å². The molecule has 0 radical (unpaired) electrons. The number of amides is 2. The largest absolute Gasteiger partial charge is 0.481 e. The molecule has 2 saturated heterocycles. The second-order valence-electron chi connectivity index (χ2n) is 5.64. The minimum absolute atomic E-state index is 0.0482. The molecule has 0 aromatic heterocycles. The van der Waals surface area contributed by atoms with E-state index in [-0.39, 0.29) is 24.9 Å². The first-order valence-electron chi connectivity index (χ1n) is 7.36. The third kappa shape index (κ3) is 3.71. The Morgan fingerprint density at radius 2 is 1.90 bits per heavy atom. The number of nitrogens with zero attached hydrogens (tertiary/aromatic N) is 2. The number of aliphatic carboxylic acids is 1. The lowest BCUT2D eigenvalue weighted by Crippen LogP contribution is -2.43. The molecule has 0 saturated carbocycles. The lowest BCUT2D eigenvalue weighted by Gasteiger charge is -2.26. The van der Waals surface area contributed by atoms with Crippen LogP contribution >= 0.6 is 0 Å². The number of carbonyl (C=O) groups excluding carboxylic acids is 2. The normalized spacial score (nSPS) is 24.4. The number of likely N-dealkylation sites (tertiary alicyclic amines) is 2. The Hall–Kier alpha value is -1.59. The molecule has 2 fully saturated rings. The summed E-state index contributed by atoms with van der Waals surface area (Å²) in [7, 11) is 0. The highest BCUT2D eigenvalue weighted by Crippen LogP contribution is 2.17. The SMILES string of the molecule is O=C(O)C1CCN(C(=O)CN2CCCCCCC2=O)C1. The van der Waals surface area contributed by atoms with Gasteiger partial charge in [-0.15, -0.1) is 0 Å². The van der Waals surface area contributed by atoms with Crippen LogP contribution in [-0.4, -0.2) is 58.9 Å². The smallest absolute Gasteiger partial charge is 0.308 e. The Kier molecular flexibility index (Phi) is 4.98. The monoisotopic (exact) mass is 282 g/mol. The molecule has 6 heteroatoms. The standard InChI is InChI=1S/C14H22N2O4/c17-12-5-3-1-2-4-7-15(12)10-13(18)16-8-6-11(9-16)14(19)20/h11H,1-10H2,(H,19,20). The third-order valence-corrected chi connectivity index (χ3v) is 4.14. The van der Waals surface area contributed by atoms with Crippen molar-refractivity contribution in [3.05, 3.63) is 0 Å². The maximum atomic E-state index is 12.2. The number of carbonyl (C=O) groups is 3. The van der Waals surface area contributed by atoms with Crippen LogP contribution in [0.3, 0.4) is 0 Å². The highest BCUT2D eigenvalue weighted by atomic mass is 16.4. The summed E-state index contributed by atoms with van der Waals surface area (Å²) in [6.45, 7) is 1.50. The average molecular weight is 282 g/mol. The van der Waals surface area contributed by atoms with Crippen molar-refractivity contribution in [2.24, 2.45) is 5.92 Å². The van der Waals surface area contributed by atoms with E-state index in [0.29, 0.717) is 25.9 Å². The number of hydrogen-bond acceptors (Lipinski definition) is 3. The highest BCUT2D eigenvalue weighted by Gasteiger charge is 2.31. The van der Waals surface area contributed by atoms with E-state index in [1.165, 1.54) is 0 Å². The van der Waals surface area contributed by atoms with Crippen LogP contribution in [0.25, 0.3) is 0 Å². The fraction of sp³-hybridized carbons (Fsp3) is 0.786. The molecule has 0 aromatic carbocycles. The van der Waals surface area contributed by atoms with E-state index < -0.39 is 11.9 Å². The maximum absolute atomic E-state index is 12.2. The van der Waals surface area contributed by atoms with Crippen molar-refractivity contribution in [2.75, 3.05) is 26.2 Å². The second-order valence-corrected chi connectivity index (χ2v) is 5.64. The Balaban J connectivity index is 1.86. The average Bonchev–Trinajstić information content (AvgIpc) is 2.88. The predicted octanol–water partition coefficient (Wildman–Crippen LogP) is 0.712. The van der Waals surface area contributed by atoms with Crippen molar-refractivity contribution in [3.8, 4) is 0 Å². The summed E-state index contributed by atoms with van der Waals surface area (Å²) in [5.41, 5.74) is 0. The molecule has 2 rings (SSSR count). The van der Waals surface area contributed by atoms with Crippen LogP contribution in [0.2, 0.25) is 0 Å². The Morgan fingerprint density at radius 3 is 2.60 bits per heavy atom.